The Labute approximate surface area is 116 Å². The van der Waals surface area contributed by atoms with Crippen molar-refractivity contribution in [3.8, 4) is 6.07 Å². The molecule has 0 aliphatic carbocycles. The molecule has 0 fully saturated rings. The Morgan fingerprint density at radius 1 is 1.32 bits per heavy atom. The minimum Gasteiger partial charge on any atom is -0.311 e. The highest BCUT2D eigenvalue weighted by Gasteiger charge is 2.06. The number of hydrogen-bond donors (Lipinski definition) is 0. The predicted molar refractivity (Wildman–Crippen MR) is 75.3 cm³/mol. The zero-order chi connectivity index (χ0) is 13.8. The van der Waals surface area contributed by atoms with Crippen LogP contribution in [-0.2, 0) is 13.0 Å². The maximum atomic E-state index is 12.0. The van der Waals surface area contributed by atoms with Gasteiger partial charge in [-0.15, -0.1) is 0 Å². The van der Waals surface area contributed by atoms with E-state index in [2.05, 4.69) is 0 Å². The first-order valence-electron chi connectivity index (χ1n) is 5.97. The number of nitriles is 1. The van der Waals surface area contributed by atoms with Crippen molar-refractivity contribution >= 4 is 11.6 Å². The van der Waals surface area contributed by atoms with Gasteiger partial charge < -0.3 is 4.57 Å². The van der Waals surface area contributed by atoms with Gasteiger partial charge in [0, 0.05) is 17.3 Å². The second kappa shape index (κ2) is 5.73. The van der Waals surface area contributed by atoms with Crippen molar-refractivity contribution in [2.75, 3.05) is 0 Å². The molecule has 3 nitrogen and oxygen atoms in total. The van der Waals surface area contributed by atoms with Gasteiger partial charge in [0.05, 0.1) is 0 Å². The third-order valence-electron chi connectivity index (χ3n) is 3.03. The van der Waals surface area contributed by atoms with Gasteiger partial charge in [-0.2, -0.15) is 5.26 Å². The molecule has 1 heterocycles. The lowest BCUT2D eigenvalue weighted by Crippen LogP contribution is -2.25. The molecule has 0 bridgehead atoms. The van der Waals surface area contributed by atoms with E-state index in [1.54, 1.807) is 16.7 Å². The van der Waals surface area contributed by atoms with Gasteiger partial charge in [0.25, 0.3) is 5.56 Å². The third-order valence-corrected chi connectivity index (χ3v) is 3.26. The molecule has 0 spiro atoms. The first-order chi connectivity index (χ1) is 9.11. The second-order valence-corrected chi connectivity index (χ2v) is 4.77. The highest BCUT2D eigenvalue weighted by molar-refractivity contribution is 6.30. The smallest absolute Gasteiger partial charge is 0.268 e. The number of halogens is 1. The van der Waals surface area contributed by atoms with Crippen LogP contribution in [0.1, 0.15) is 16.8 Å². The number of hydrogen-bond acceptors (Lipinski definition) is 2. The molecule has 0 unspecified atom stereocenters. The van der Waals surface area contributed by atoms with E-state index in [1.807, 2.05) is 37.3 Å². The third kappa shape index (κ3) is 3.04. The molecule has 1 aromatic carbocycles. The zero-order valence-corrected chi connectivity index (χ0v) is 11.3. The fourth-order valence-electron chi connectivity index (χ4n) is 1.97. The lowest BCUT2D eigenvalue weighted by atomic mass is 10.1. The van der Waals surface area contributed by atoms with E-state index in [0.717, 1.165) is 11.3 Å². The molecule has 2 rings (SSSR count). The normalized spacial score (nSPS) is 10.2. The van der Waals surface area contributed by atoms with E-state index in [9.17, 15) is 4.79 Å². The maximum Gasteiger partial charge on any atom is 0.268 e. The molecular weight excluding hydrogens is 260 g/mol. The van der Waals surface area contributed by atoms with Gasteiger partial charge >= 0.3 is 0 Å². The van der Waals surface area contributed by atoms with Gasteiger partial charge in [-0.05, 0) is 43.2 Å². The van der Waals surface area contributed by atoms with Crippen molar-refractivity contribution in [3.05, 3.63) is 68.6 Å². The number of aryl methyl sites for hydroxylation is 2. The van der Waals surface area contributed by atoms with Gasteiger partial charge in [0.1, 0.15) is 11.6 Å². The Bertz CT molecular complexity index is 698. The Kier molecular flexibility index (Phi) is 4.03. The Hall–Kier alpha value is -2.05. The topological polar surface area (TPSA) is 45.8 Å². The number of pyridine rings is 1. The van der Waals surface area contributed by atoms with Crippen LogP contribution in [0.5, 0.6) is 0 Å². The summed E-state index contributed by atoms with van der Waals surface area (Å²) in [6.45, 7) is 2.40. The van der Waals surface area contributed by atoms with E-state index >= 15 is 0 Å². The first kappa shape index (κ1) is 13.4. The molecule has 0 N–H and O–H groups in total. The molecular formula is C15H13ClN2O. The molecule has 4 heteroatoms. The minimum atomic E-state index is -0.232. The van der Waals surface area contributed by atoms with E-state index in [4.69, 9.17) is 16.9 Å². The van der Waals surface area contributed by atoms with Crippen LogP contribution < -0.4 is 5.56 Å². The number of benzene rings is 1. The summed E-state index contributed by atoms with van der Waals surface area (Å²) < 4.78 is 1.62. The molecule has 96 valence electrons. The Balaban J connectivity index is 2.25. The highest BCUT2D eigenvalue weighted by atomic mass is 35.5. The van der Waals surface area contributed by atoms with Crippen LogP contribution in [0, 0.1) is 18.3 Å². The summed E-state index contributed by atoms with van der Waals surface area (Å²) in [5, 5.41) is 9.56. The zero-order valence-electron chi connectivity index (χ0n) is 10.6. The van der Waals surface area contributed by atoms with Crippen molar-refractivity contribution in [2.45, 2.75) is 19.9 Å². The quantitative estimate of drug-likeness (QED) is 0.862. The lowest BCUT2D eigenvalue weighted by molar-refractivity contribution is 0.648. The van der Waals surface area contributed by atoms with Crippen LogP contribution in [0.25, 0.3) is 0 Å². The Morgan fingerprint density at radius 3 is 2.79 bits per heavy atom. The summed E-state index contributed by atoms with van der Waals surface area (Å²) in [5.74, 6) is 0. The van der Waals surface area contributed by atoms with E-state index in [-0.39, 0.29) is 11.1 Å². The Morgan fingerprint density at radius 2 is 2.11 bits per heavy atom. The molecule has 1 aromatic heterocycles. The molecule has 0 atom stereocenters. The average Bonchev–Trinajstić information content (AvgIpc) is 2.39. The molecule has 0 saturated carbocycles. The number of nitrogens with zero attached hydrogens (tertiary/aromatic N) is 2. The SMILES string of the molecule is Cc1ccc(C#N)c(=O)n1CCc1cccc(Cl)c1. The summed E-state index contributed by atoms with van der Waals surface area (Å²) >= 11 is 5.93. The summed E-state index contributed by atoms with van der Waals surface area (Å²) in [7, 11) is 0. The summed E-state index contributed by atoms with van der Waals surface area (Å²) in [6, 6.07) is 12.8. The lowest BCUT2D eigenvalue weighted by Gasteiger charge is -2.10. The van der Waals surface area contributed by atoms with Crippen LogP contribution in [0.2, 0.25) is 5.02 Å². The number of rotatable bonds is 3. The van der Waals surface area contributed by atoms with Crippen molar-refractivity contribution in [1.29, 1.82) is 5.26 Å². The number of aromatic nitrogens is 1. The molecule has 0 radical (unpaired) electrons. The molecule has 0 aliphatic rings. The first-order valence-corrected chi connectivity index (χ1v) is 6.34. The largest absolute Gasteiger partial charge is 0.311 e. The van der Waals surface area contributed by atoms with Crippen LogP contribution in [0.4, 0.5) is 0 Å². The van der Waals surface area contributed by atoms with Gasteiger partial charge in [-0.1, -0.05) is 23.7 Å². The predicted octanol–water partition coefficient (Wildman–Crippen LogP) is 2.92. The minimum absolute atomic E-state index is 0.177. The van der Waals surface area contributed by atoms with Gasteiger partial charge in [0.15, 0.2) is 0 Å². The van der Waals surface area contributed by atoms with E-state index in [1.165, 1.54) is 0 Å². The van der Waals surface area contributed by atoms with Crippen LogP contribution in [0.15, 0.2) is 41.2 Å². The molecule has 0 amide bonds. The van der Waals surface area contributed by atoms with E-state index in [0.29, 0.717) is 18.0 Å². The van der Waals surface area contributed by atoms with Crippen molar-refractivity contribution in [2.24, 2.45) is 0 Å². The van der Waals surface area contributed by atoms with Crippen LogP contribution >= 0.6 is 11.6 Å². The summed E-state index contributed by atoms with van der Waals surface area (Å²) in [5.41, 5.74) is 1.87. The molecule has 2 aromatic rings. The average molecular weight is 273 g/mol. The van der Waals surface area contributed by atoms with Crippen molar-refractivity contribution < 1.29 is 0 Å². The second-order valence-electron chi connectivity index (χ2n) is 4.34. The van der Waals surface area contributed by atoms with Crippen molar-refractivity contribution in [3.63, 3.8) is 0 Å². The summed E-state index contributed by atoms with van der Waals surface area (Å²) in [6.07, 6.45) is 0.705. The van der Waals surface area contributed by atoms with Gasteiger partial charge in [-0.3, -0.25) is 4.79 Å². The summed E-state index contributed by atoms with van der Waals surface area (Å²) in [4.78, 5) is 12.0. The standard InChI is InChI=1S/C15H13ClN2O/c1-11-5-6-13(10-17)15(19)18(11)8-7-12-3-2-4-14(16)9-12/h2-6,9H,7-8H2,1H3. The van der Waals surface area contributed by atoms with Crippen molar-refractivity contribution in [1.82, 2.24) is 4.57 Å². The maximum absolute atomic E-state index is 12.0. The van der Waals surface area contributed by atoms with Crippen LogP contribution in [0.3, 0.4) is 0 Å². The fourth-order valence-corrected chi connectivity index (χ4v) is 2.18. The van der Waals surface area contributed by atoms with Crippen LogP contribution in [-0.4, -0.2) is 4.57 Å². The van der Waals surface area contributed by atoms with Gasteiger partial charge in [0.2, 0.25) is 0 Å². The molecule has 19 heavy (non-hydrogen) atoms. The molecule has 0 saturated heterocycles. The highest BCUT2D eigenvalue weighted by Crippen LogP contribution is 2.11. The molecule has 0 aliphatic heterocycles. The van der Waals surface area contributed by atoms with Gasteiger partial charge in [-0.25, -0.2) is 0 Å². The monoisotopic (exact) mass is 272 g/mol. The fraction of sp³-hybridized carbons (Fsp3) is 0.200. The van der Waals surface area contributed by atoms with E-state index < -0.39 is 0 Å².